The maximum Gasteiger partial charge on any atom is 0.275 e. The normalized spacial score (nSPS) is 24.7. The molecule has 1 aliphatic heterocycles. The Bertz CT molecular complexity index is 254. The van der Waals surface area contributed by atoms with Crippen LogP contribution in [0.25, 0.3) is 0 Å². The van der Waals surface area contributed by atoms with Gasteiger partial charge in [-0.05, 0) is 43.8 Å². The van der Waals surface area contributed by atoms with E-state index in [1.54, 1.807) is 0 Å². The fourth-order valence-electron chi connectivity index (χ4n) is 2.27. The van der Waals surface area contributed by atoms with E-state index in [1.165, 1.54) is 38.5 Å². The second kappa shape index (κ2) is 5.15. The summed E-state index contributed by atoms with van der Waals surface area (Å²) in [5.74, 6) is 5.93. The average molecular weight is 227 g/mol. The number of hydrogen-bond acceptors (Lipinski definition) is 1. The minimum atomic E-state index is -0.254. The maximum absolute atomic E-state index is 12.0. The van der Waals surface area contributed by atoms with E-state index < -0.39 is 0 Å². The molecule has 15 heavy (non-hydrogen) atoms. The van der Waals surface area contributed by atoms with Crippen LogP contribution in [-0.4, -0.2) is 34.9 Å². The van der Waals surface area contributed by atoms with Crippen LogP contribution in [0.1, 0.15) is 38.5 Å². The predicted octanol–water partition coefficient (Wildman–Crippen LogP) is 3.09. The lowest BCUT2D eigenvalue weighted by molar-refractivity contribution is 0.211. The monoisotopic (exact) mass is 227 g/mol. The van der Waals surface area contributed by atoms with Gasteiger partial charge >= 0.3 is 0 Å². The van der Waals surface area contributed by atoms with Gasteiger partial charge in [0.2, 0.25) is 0 Å². The highest BCUT2D eigenvalue weighted by molar-refractivity contribution is 8.26. The molecule has 1 saturated heterocycles. The minimum Gasteiger partial charge on any atom is -0.334 e. The smallest absolute Gasteiger partial charge is 0.275 e. The van der Waals surface area contributed by atoms with Crippen molar-refractivity contribution in [2.75, 3.05) is 18.8 Å². The lowest BCUT2D eigenvalue weighted by atomic mass is 9.87. The van der Waals surface area contributed by atoms with Gasteiger partial charge in [0, 0.05) is 13.1 Å². The van der Waals surface area contributed by atoms with Crippen LogP contribution in [0, 0.1) is 5.92 Å². The van der Waals surface area contributed by atoms with Crippen LogP contribution in [0.3, 0.4) is 0 Å². The quantitative estimate of drug-likeness (QED) is 0.664. The molecular formula is C12H21NOS. The Hall–Kier alpha value is -0.310. The van der Waals surface area contributed by atoms with Gasteiger partial charge in [0.05, 0.1) is 0 Å². The first kappa shape index (κ1) is 11.2. The second-order valence-electron chi connectivity index (χ2n) is 4.77. The van der Waals surface area contributed by atoms with Crippen LogP contribution in [0.2, 0.25) is 0 Å². The van der Waals surface area contributed by atoms with Crippen molar-refractivity contribution >= 4 is 21.6 Å². The summed E-state index contributed by atoms with van der Waals surface area (Å²) in [6.07, 6.45) is 7.68. The molecule has 1 heterocycles. The van der Waals surface area contributed by atoms with Crippen molar-refractivity contribution in [2.24, 2.45) is 5.92 Å². The summed E-state index contributed by atoms with van der Waals surface area (Å²) in [6.45, 7) is 1.95. The highest BCUT2D eigenvalue weighted by Crippen LogP contribution is 2.33. The lowest BCUT2D eigenvalue weighted by Gasteiger charge is -2.30. The van der Waals surface area contributed by atoms with Crippen molar-refractivity contribution in [3.05, 3.63) is 0 Å². The van der Waals surface area contributed by atoms with E-state index in [9.17, 15) is 4.79 Å². The first-order valence-corrected chi connectivity index (χ1v) is 7.63. The molecule has 1 saturated carbocycles. The second-order valence-corrected chi connectivity index (χ2v) is 6.44. The van der Waals surface area contributed by atoms with E-state index >= 15 is 0 Å². The zero-order valence-corrected chi connectivity index (χ0v) is 10.2. The first-order valence-electron chi connectivity index (χ1n) is 6.07. The van der Waals surface area contributed by atoms with Crippen LogP contribution in [0.5, 0.6) is 0 Å². The van der Waals surface area contributed by atoms with Crippen molar-refractivity contribution in [1.29, 1.82) is 0 Å². The lowest BCUT2D eigenvalue weighted by Crippen LogP contribution is -2.34. The fraction of sp³-hybridized carbons (Fsp3) is 0.833. The Morgan fingerprint density at radius 3 is 2.40 bits per heavy atom. The first-order chi connectivity index (χ1) is 7.27. The topological polar surface area (TPSA) is 20.3 Å². The van der Waals surface area contributed by atoms with Crippen molar-refractivity contribution in [3.8, 4) is 0 Å². The highest BCUT2D eigenvalue weighted by Gasteiger charge is 2.23. The number of hydrogen-bond donors (Lipinski definition) is 0. The maximum atomic E-state index is 12.0. The van der Waals surface area contributed by atoms with Gasteiger partial charge in [-0.1, -0.05) is 12.3 Å². The molecule has 86 valence electrons. The molecule has 0 radical (unpaired) electrons. The fourth-order valence-corrected chi connectivity index (χ4v) is 3.87. The number of likely N-dealkylation sites (tertiary alicyclic amines) is 1. The number of nitrogens with zero attached hydrogens (tertiary/aromatic N) is 1. The molecule has 0 N–H and O–H groups in total. The Morgan fingerprint density at radius 2 is 1.87 bits per heavy atom. The van der Waals surface area contributed by atoms with E-state index in [2.05, 4.69) is 5.87 Å². The van der Waals surface area contributed by atoms with Gasteiger partial charge < -0.3 is 4.90 Å². The van der Waals surface area contributed by atoms with Crippen molar-refractivity contribution in [3.63, 3.8) is 0 Å². The molecule has 1 atom stereocenters. The Morgan fingerprint density at radius 1 is 1.20 bits per heavy atom. The SMILES string of the molecule is C=S(CC1CCC1)C(=O)N1CCCCC1. The molecule has 0 aromatic rings. The number of amides is 1. The van der Waals surface area contributed by atoms with Gasteiger partial charge in [0.1, 0.15) is 0 Å². The summed E-state index contributed by atoms with van der Waals surface area (Å²) < 4.78 is 0. The molecule has 0 spiro atoms. The third-order valence-electron chi connectivity index (χ3n) is 3.52. The van der Waals surface area contributed by atoms with Crippen molar-refractivity contribution in [1.82, 2.24) is 4.90 Å². The van der Waals surface area contributed by atoms with Crippen LogP contribution in [0.4, 0.5) is 4.79 Å². The van der Waals surface area contributed by atoms with Gasteiger partial charge in [0.25, 0.3) is 5.24 Å². The van der Waals surface area contributed by atoms with E-state index in [1.807, 2.05) is 4.90 Å². The minimum absolute atomic E-state index is 0.254. The molecule has 3 heteroatoms. The Labute approximate surface area is 95.0 Å². The molecule has 2 aliphatic rings. The zero-order chi connectivity index (χ0) is 10.7. The third-order valence-corrected chi connectivity index (χ3v) is 5.15. The zero-order valence-electron chi connectivity index (χ0n) is 9.41. The molecule has 1 unspecified atom stereocenters. The highest BCUT2D eigenvalue weighted by atomic mass is 32.2. The number of carbonyl (C=O) groups excluding carboxylic acids is 1. The van der Waals surface area contributed by atoms with Gasteiger partial charge in [-0.3, -0.25) is 4.79 Å². The van der Waals surface area contributed by atoms with E-state index in [-0.39, 0.29) is 10.5 Å². The largest absolute Gasteiger partial charge is 0.334 e. The predicted molar refractivity (Wildman–Crippen MR) is 67.7 cm³/mol. The summed E-state index contributed by atoms with van der Waals surface area (Å²) in [5.41, 5.74) is 0. The molecule has 2 fully saturated rings. The van der Waals surface area contributed by atoms with E-state index in [4.69, 9.17) is 0 Å². The van der Waals surface area contributed by atoms with Crippen LogP contribution < -0.4 is 0 Å². The summed E-state index contributed by atoms with van der Waals surface area (Å²) in [4.78, 5) is 14.1. The summed E-state index contributed by atoms with van der Waals surface area (Å²) >= 11 is 0. The van der Waals surface area contributed by atoms with Crippen molar-refractivity contribution in [2.45, 2.75) is 38.5 Å². The van der Waals surface area contributed by atoms with Crippen molar-refractivity contribution < 1.29 is 4.79 Å². The third kappa shape index (κ3) is 2.83. The number of piperidine rings is 1. The van der Waals surface area contributed by atoms with Gasteiger partial charge in [-0.2, -0.15) is 0 Å². The molecule has 0 bridgehead atoms. The van der Waals surface area contributed by atoms with Gasteiger partial charge in [-0.15, -0.1) is 10.5 Å². The molecular weight excluding hydrogens is 206 g/mol. The van der Waals surface area contributed by atoms with Gasteiger partial charge in [0.15, 0.2) is 0 Å². The average Bonchev–Trinajstić information content (AvgIpc) is 2.23. The Balaban J connectivity index is 1.80. The van der Waals surface area contributed by atoms with E-state index in [0.29, 0.717) is 5.24 Å². The molecule has 1 aliphatic carbocycles. The summed E-state index contributed by atoms with van der Waals surface area (Å²) in [6, 6.07) is 0. The number of carbonyl (C=O) groups is 1. The molecule has 2 nitrogen and oxygen atoms in total. The molecule has 1 amide bonds. The Kier molecular flexibility index (Phi) is 3.84. The van der Waals surface area contributed by atoms with Crippen LogP contribution >= 0.6 is 10.5 Å². The standard InChI is InChI=1S/C12H21NOS/c1-15(10-11-6-5-7-11)12(14)13-8-3-2-4-9-13/h11H,1-10H2. The van der Waals surface area contributed by atoms with Crippen LogP contribution in [-0.2, 0) is 0 Å². The van der Waals surface area contributed by atoms with Gasteiger partial charge in [-0.25, -0.2) is 0 Å². The number of rotatable bonds is 2. The molecule has 2 rings (SSSR count). The van der Waals surface area contributed by atoms with Crippen LogP contribution in [0.15, 0.2) is 0 Å². The summed E-state index contributed by atoms with van der Waals surface area (Å²) in [7, 11) is -0.254. The molecule has 0 aromatic heterocycles. The molecule has 0 aromatic carbocycles. The van der Waals surface area contributed by atoms with E-state index in [0.717, 1.165) is 24.8 Å². The summed E-state index contributed by atoms with van der Waals surface area (Å²) in [5, 5.41) is 0.335.